The van der Waals surface area contributed by atoms with E-state index in [1.54, 1.807) is 6.07 Å². The molecule has 0 N–H and O–H groups in total. The Hall–Kier alpha value is -1.85. The fraction of sp³-hybridized carbons (Fsp3) is 0.429. The van der Waals surface area contributed by atoms with Gasteiger partial charge >= 0.3 is 6.18 Å². The summed E-state index contributed by atoms with van der Waals surface area (Å²) in [7, 11) is 4.04. The van der Waals surface area contributed by atoms with Crippen molar-refractivity contribution < 1.29 is 13.2 Å². The van der Waals surface area contributed by atoms with Crippen molar-refractivity contribution >= 4 is 0 Å². The second kappa shape index (κ2) is 9.19. The molecule has 2 nitrogen and oxygen atoms in total. The van der Waals surface area contributed by atoms with Gasteiger partial charge in [-0.05, 0) is 57.7 Å². The largest absolute Gasteiger partial charge is 0.416 e. The van der Waals surface area contributed by atoms with Crippen LogP contribution in [0.3, 0.4) is 0 Å². The van der Waals surface area contributed by atoms with Crippen LogP contribution in [0, 0.1) is 6.92 Å². The van der Waals surface area contributed by atoms with E-state index in [-0.39, 0.29) is 0 Å². The Morgan fingerprint density at radius 1 is 0.808 bits per heavy atom. The van der Waals surface area contributed by atoms with Crippen molar-refractivity contribution in [2.24, 2.45) is 0 Å². The highest BCUT2D eigenvalue weighted by molar-refractivity contribution is 5.25. The van der Waals surface area contributed by atoms with Crippen molar-refractivity contribution in [1.29, 1.82) is 0 Å². The number of hydrogen-bond acceptors (Lipinski definition) is 2. The fourth-order valence-corrected chi connectivity index (χ4v) is 3.05. The molecule has 5 heteroatoms. The van der Waals surface area contributed by atoms with Crippen LogP contribution in [0.5, 0.6) is 0 Å². The Morgan fingerprint density at radius 2 is 1.35 bits per heavy atom. The first kappa shape index (κ1) is 20.5. The molecule has 0 aromatic heterocycles. The van der Waals surface area contributed by atoms with Gasteiger partial charge in [0.1, 0.15) is 0 Å². The van der Waals surface area contributed by atoms with Crippen LogP contribution in [0.2, 0.25) is 0 Å². The number of nitrogens with zero attached hydrogens (tertiary/aromatic N) is 2. The predicted molar refractivity (Wildman–Crippen MR) is 99.9 cm³/mol. The van der Waals surface area contributed by atoms with Crippen molar-refractivity contribution in [3.8, 4) is 0 Å². The van der Waals surface area contributed by atoms with E-state index in [9.17, 15) is 13.2 Å². The molecule has 0 aliphatic carbocycles. The summed E-state index contributed by atoms with van der Waals surface area (Å²) in [6.07, 6.45) is -3.31. The van der Waals surface area contributed by atoms with E-state index in [2.05, 4.69) is 48.0 Å². The summed E-state index contributed by atoms with van der Waals surface area (Å²) in [6, 6.07) is 14.1. The molecular formula is C21H27F3N2. The Labute approximate surface area is 154 Å². The van der Waals surface area contributed by atoms with Gasteiger partial charge in [-0.1, -0.05) is 48.0 Å². The highest BCUT2D eigenvalue weighted by Crippen LogP contribution is 2.29. The molecule has 0 aliphatic rings. The molecule has 2 aromatic rings. The summed E-state index contributed by atoms with van der Waals surface area (Å²) in [5, 5.41) is 0. The second-order valence-corrected chi connectivity index (χ2v) is 7.02. The van der Waals surface area contributed by atoms with Crippen molar-refractivity contribution in [2.45, 2.75) is 32.6 Å². The lowest BCUT2D eigenvalue weighted by molar-refractivity contribution is -0.137. The van der Waals surface area contributed by atoms with Crippen LogP contribution in [-0.2, 0) is 19.3 Å². The van der Waals surface area contributed by atoms with Crippen LogP contribution in [0.25, 0.3) is 0 Å². The summed E-state index contributed by atoms with van der Waals surface area (Å²) in [5.41, 5.74) is 2.67. The normalized spacial score (nSPS) is 12.2. The number of halogens is 3. The van der Waals surface area contributed by atoms with E-state index in [0.29, 0.717) is 12.1 Å². The van der Waals surface area contributed by atoms with Crippen molar-refractivity contribution in [3.63, 3.8) is 0 Å². The maximum absolute atomic E-state index is 12.8. The smallest absolute Gasteiger partial charge is 0.302 e. The van der Waals surface area contributed by atoms with Gasteiger partial charge in [-0.15, -0.1) is 0 Å². The fourth-order valence-electron chi connectivity index (χ4n) is 3.05. The van der Waals surface area contributed by atoms with Gasteiger partial charge in [0.05, 0.1) is 5.56 Å². The van der Waals surface area contributed by atoms with Gasteiger partial charge in [0.2, 0.25) is 0 Å². The molecular weight excluding hydrogens is 337 g/mol. The van der Waals surface area contributed by atoms with Gasteiger partial charge < -0.3 is 9.80 Å². The zero-order valence-electron chi connectivity index (χ0n) is 15.7. The summed E-state index contributed by atoms with van der Waals surface area (Å²) in [6.45, 7) is 5.30. The highest BCUT2D eigenvalue weighted by Gasteiger charge is 2.30. The van der Waals surface area contributed by atoms with E-state index in [1.165, 1.54) is 23.3 Å². The Bertz CT molecular complexity index is 698. The topological polar surface area (TPSA) is 6.48 Å². The maximum Gasteiger partial charge on any atom is 0.416 e. The minimum atomic E-state index is -4.28. The van der Waals surface area contributed by atoms with Gasteiger partial charge in [0.25, 0.3) is 0 Å². The summed E-state index contributed by atoms with van der Waals surface area (Å²) in [4.78, 5) is 4.34. The zero-order chi connectivity index (χ0) is 19.2. The summed E-state index contributed by atoms with van der Waals surface area (Å²) >= 11 is 0. The lowest BCUT2D eigenvalue weighted by atomic mass is 10.1. The molecule has 0 heterocycles. The standard InChI is InChI=1S/C21H27F3N2/c1-17-7-4-8-18(13-17)15-25(2)11-6-12-26(3)16-19-9-5-10-20(14-19)21(22,23)24/h4-5,7-10,13-14H,6,11-12,15-16H2,1-3H3. The molecule has 2 aromatic carbocycles. The van der Waals surface area contributed by atoms with Crippen LogP contribution in [0.4, 0.5) is 13.2 Å². The first-order chi connectivity index (χ1) is 12.2. The third-order valence-electron chi connectivity index (χ3n) is 4.32. The minimum Gasteiger partial charge on any atom is -0.302 e. The first-order valence-corrected chi connectivity index (χ1v) is 8.83. The van der Waals surface area contributed by atoms with Gasteiger partial charge in [-0.3, -0.25) is 0 Å². The van der Waals surface area contributed by atoms with E-state index in [0.717, 1.165) is 32.1 Å². The average molecular weight is 364 g/mol. The molecule has 0 fully saturated rings. The van der Waals surface area contributed by atoms with Crippen LogP contribution in [0.15, 0.2) is 48.5 Å². The molecule has 0 aliphatic heterocycles. The molecule has 2 rings (SSSR count). The molecule has 0 bridgehead atoms. The van der Waals surface area contributed by atoms with E-state index >= 15 is 0 Å². The van der Waals surface area contributed by atoms with Gasteiger partial charge in [-0.2, -0.15) is 13.2 Å². The number of alkyl halides is 3. The lowest BCUT2D eigenvalue weighted by Crippen LogP contribution is -2.25. The number of benzene rings is 2. The van der Waals surface area contributed by atoms with E-state index in [4.69, 9.17) is 0 Å². The number of rotatable bonds is 8. The third kappa shape index (κ3) is 6.81. The maximum atomic E-state index is 12.8. The van der Waals surface area contributed by atoms with Crippen molar-refractivity contribution in [2.75, 3.05) is 27.2 Å². The molecule has 0 amide bonds. The Kier molecular flexibility index (Phi) is 7.23. The van der Waals surface area contributed by atoms with E-state index in [1.807, 2.05) is 7.05 Å². The van der Waals surface area contributed by atoms with Crippen molar-refractivity contribution in [1.82, 2.24) is 9.80 Å². The predicted octanol–water partition coefficient (Wildman–Crippen LogP) is 4.97. The SMILES string of the molecule is Cc1cccc(CN(C)CCCN(C)Cc2cccc(C(F)(F)F)c2)c1. The Morgan fingerprint density at radius 3 is 1.88 bits per heavy atom. The van der Waals surface area contributed by atoms with Gasteiger partial charge in [0.15, 0.2) is 0 Å². The molecule has 0 atom stereocenters. The third-order valence-corrected chi connectivity index (χ3v) is 4.32. The minimum absolute atomic E-state index is 0.519. The second-order valence-electron chi connectivity index (χ2n) is 7.02. The van der Waals surface area contributed by atoms with Crippen LogP contribution >= 0.6 is 0 Å². The Balaban J connectivity index is 1.76. The lowest BCUT2D eigenvalue weighted by Gasteiger charge is -2.21. The van der Waals surface area contributed by atoms with Crippen LogP contribution in [-0.4, -0.2) is 37.0 Å². The molecule has 142 valence electrons. The number of aryl methyl sites for hydroxylation is 1. The summed E-state index contributed by atoms with van der Waals surface area (Å²) < 4.78 is 38.3. The van der Waals surface area contributed by atoms with Gasteiger partial charge in [-0.25, -0.2) is 0 Å². The zero-order valence-corrected chi connectivity index (χ0v) is 15.7. The van der Waals surface area contributed by atoms with Gasteiger partial charge in [0, 0.05) is 13.1 Å². The molecule has 0 saturated heterocycles. The molecule has 0 saturated carbocycles. The quantitative estimate of drug-likeness (QED) is 0.653. The monoisotopic (exact) mass is 364 g/mol. The molecule has 0 unspecified atom stereocenters. The van der Waals surface area contributed by atoms with Crippen molar-refractivity contribution in [3.05, 3.63) is 70.8 Å². The molecule has 0 radical (unpaired) electrons. The number of hydrogen-bond donors (Lipinski definition) is 0. The van der Waals surface area contributed by atoms with Crippen LogP contribution < -0.4 is 0 Å². The first-order valence-electron chi connectivity index (χ1n) is 8.83. The molecule has 26 heavy (non-hydrogen) atoms. The average Bonchev–Trinajstić information content (AvgIpc) is 2.54. The van der Waals surface area contributed by atoms with Crippen LogP contribution in [0.1, 0.15) is 28.7 Å². The molecule has 0 spiro atoms. The summed E-state index contributed by atoms with van der Waals surface area (Å²) in [5.74, 6) is 0. The highest BCUT2D eigenvalue weighted by atomic mass is 19.4. The van der Waals surface area contributed by atoms with E-state index < -0.39 is 11.7 Å².